The molecule has 0 bridgehead atoms. The summed E-state index contributed by atoms with van der Waals surface area (Å²) in [5.74, 6) is -2.03. The summed E-state index contributed by atoms with van der Waals surface area (Å²) >= 11 is 5.00. The molecule has 1 aliphatic heterocycles. The van der Waals surface area contributed by atoms with Crippen LogP contribution in [0, 0.1) is 5.92 Å². The standard InChI is InChI=1S/C31H34N2O5S/c1-6-22-17-31(24(26(34)38-29(3,4)5)18-30(22,7-2)32-20-39)23-15-11-12-16-25(23)33(27(31)35)28(36)37-19-21-13-9-8-10-14-21/h8-17,24H,6-7,18-19H2,1-5H3/t24-,30+,31-/m0/s1. The van der Waals surface area contributed by atoms with Gasteiger partial charge < -0.3 is 9.47 Å². The number of carbonyl (C=O) groups excluding carboxylic acids is 3. The van der Waals surface area contributed by atoms with E-state index in [1.807, 2.05) is 50.3 Å². The van der Waals surface area contributed by atoms with Gasteiger partial charge in [-0.2, -0.15) is 0 Å². The third-order valence-electron chi connectivity index (χ3n) is 7.54. The lowest BCUT2D eigenvalue weighted by Gasteiger charge is -2.45. The van der Waals surface area contributed by atoms with E-state index in [1.165, 1.54) is 0 Å². The van der Waals surface area contributed by atoms with E-state index in [2.05, 4.69) is 10.2 Å². The molecule has 2 aromatic carbocycles. The second-order valence-electron chi connectivity index (χ2n) is 11.0. The number of hydrogen-bond acceptors (Lipinski definition) is 7. The Labute approximate surface area is 234 Å². The van der Waals surface area contributed by atoms with E-state index in [0.717, 1.165) is 16.0 Å². The summed E-state index contributed by atoms with van der Waals surface area (Å²) in [6.45, 7) is 9.32. The molecule has 8 heteroatoms. The molecule has 0 unspecified atom stereocenters. The molecular weight excluding hydrogens is 512 g/mol. The SMILES string of the molecule is CCC1=C[C@@]2(C(=O)N(C(=O)OCc3ccccc3)c3ccccc32)[C@H](C(=O)OC(C)(C)C)C[C@@]1(CC)N=C=S. The van der Waals surface area contributed by atoms with Crippen molar-refractivity contribution in [3.63, 3.8) is 0 Å². The third kappa shape index (κ3) is 5.07. The van der Waals surface area contributed by atoms with Crippen molar-refractivity contribution in [1.82, 2.24) is 0 Å². The first-order valence-corrected chi connectivity index (χ1v) is 13.6. The predicted octanol–water partition coefficient (Wildman–Crippen LogP) is 6.56. The number of fused-ring (bicyclic) bond motifs is 2. The summed E-state index contributed by atoms with van der Waals surface area (Å²) in [5.41, 5.74) is -0.447. The normalized spacial score (nSPS) is 24.0. The second-order valence-corrected chi connectivity index (χ2v) is 11.2. The van der Waals surface area contributed by atoms with E-state index in [1.54, 1.807) is 45.0 Å². The zero-order valence-electron chi connectivity index (χ0n) is 23.0. The van der Waals surface area contributed by atoms with Crippen molar-refractivity contribution in [3.05, 3.63) is 77.4 Å². The molecule has 0 saturated carbocycles. The molecule has 0 N–H and O–H groups in total. The van der Waals surface area contributed by atoms with Gasteiger partial charge >= 0.3 is 12.1 Å². The van der Waals surface area contributed by atoms with E-state index in [9.17, 15) is 14.4 Å². The molecule has 2 aromatic rings. The van der Waals surface area contributed by atoms with Gasteiger partial charge in [-0.05, 0) is 75.0 Å². The van der Waals surface area contributed by atoms with E-state index in [4.69, 9.17) is 21.7 Å². The van der Waals surface area contributed by atoms with E-state index in [0.29, 0.717) is 24.1 Å². The molecule has 0 fully saturated rings. The predicted molar refractivity (Wildman–Crippen MR) is 153 cm³/mol. The summed E-state index contributed by atoms with van der Waals surface area (Å²) in [6.07, 6.45) is 2.35. The maximum atomic E-state index is 14.5. The van der Waals surface area contributed by atoms with Crippen LogP contribution in [0.1, 0.15) is 65.0 Å². The molecule has 1 heterocycles. The van der Waals surface area contributed by atoms with Crippen LogP contribution in [0.4, 0.5) is 10.5 Å². The summed E-state index contributed by atoms with van der Waals surface area (Å²) in [6, 6.07) is 16.3. The molecule has 7 nitrogen and oxygen atoms in total. The quantitative estimate of drug-likeness (QED) is 0.177. The van der Waals surface area contributed by atoms with Crippen molar-refractivity contribution in [2.24, 2.45) is 10.9 Å². The number of imide groups is 1. The molecule has 2 amide bonds. The Morgan fingerprint density at radius 3 is 2.38 bits per heavy atom. The summed E-state index contributed by atoms with van der Waals surface area (Å²) in [7, 11) is 0. The van der Waals surface area contributed by atoms with Gasteiger partial charge in [0.1, 0.15) is 17.6 Å². The third-order valence-corrected chi connectivity index (χ3v) is 7.63. The molecule has 1 aliphatic carbocycles. The number of aliphatic imine (C=N–C) groups is 1. The Bertz CT molecular complexity index is 1360. The highest BCUT2D eigenvalue weighted by molar-refractivity contribution is 7.78. The van der Waals surface area contributed by atoms with Crippen molar-refractivity contribution in [2.75, 3.05) is 4.90 Å². The van der Waals surface area contributed by atoms with Gasteiger partial charge in [-0.25, -0.2) is 14.7 Å². The van der Waals surface area contributed by atoms with Gasteiger partial charge in [0.05, 0.1) is 22.3 Å². The van der Waals surface area contributed by atoms with Crippen LogP contribution in [0.3, 0.4) is 0 Å². The smallest absolute Gasteiger partial charge is 0.421 e. The van der Waals surface area contributed by atoms with Crippen molar-refractivity contribution in [3.8, 4) is 0 Å². The topological polar surface area (TPSA) is 85.3 Å². The first-order valence-electron chi connectivity index (χ1n) is 13.2. The zero-order valence-corrected chi connectivity index (χ0v) is 23.8. The lowest BCUT2D eigenvalue weighted by atomic mass is 9.59. The Morgan fingerprint density at radius 2 is 1.77 bits per heavy atom. The van der Waals surface area contributed by atoms with Crippen LogP contribution in [0.15, 0.2) is 71.2 Å². The molecule has 204 valence electrons. The van der Waals surface area contributed by atoms with Gasteiger partial charge in [0.15, 0.2) is 0 Å². The van der Waals surface area contributed by atoms with Gasteiger partial charge in [0.25, 0.3) is 5.91 Å². The number of carbonyl (C=O) groups is 3. The largest absolute Gasteiger partial charge is 0.460 e. The Balaban J connectivity index is 1.88. The summed E-state index contributed by atoms with van der Waals surface area (Å²) < 4.78 is 11.5. The number of amides is 2. The lowest BCUT2D eigenvalue weighted by molar-refractivity contribution is -0.164. The second kappa shape index (κ2) is 10.9. The zero-order chi connectivity index (χ0) is 28.4. The number of para-hydroxylation sites is 1. The molecule has 39 heavy (non-hydrogen) atoms. The number of ether oxygens (including phenoxy) is 2. The number of thiocarbonyl (C=S) groups is 1. The van der Waals surface area contributed by atoms with Crippen molar-refractivity contribution < 1.29 is 23.9 Å². The van der Waals surface area contributed by atoms with Gasteiger partial charge in [-0.3, -0.25) is 9.59 Å². The first-order chi connectivity index (χ1) is 18.5. The Hall–Kier alpha value is -3.61. The Kier molecular flexibility index (Phi) is 7.92. The molecule has 0 radical (unpaired) electrons. The van der Waals surface area contributed by atoms with E-state index in [-0.39, 0.29) is 13.0 Å². The van der Waals surface area contributed by atoms with E-state index >= 15 is 0 Å². The van der Waals surface area contributed by atoms with Gasteiger partial charge in [0, 0.05) is 0 Å². The van der Waals surface area contributed by atoms with Crippen LogP contribution >= 0.6 is 12.2 Å². The molecule has 4 rings (SSSR count). The van der Waals surface area contributed by atoms with Crippen LogP contribution < -0.4 is 4.90 Å². The minimum atomic E-state index is -1.47. The molecule has 2 aliphatic rings. The molecule has 1 spiro atoms. The number of benzene rings is 2. The highest BCUT2D eigenvalue weighted by atomic mass is 32.1. The van der Waals surface area contributed by atoms with Gasteiger partial charge in [0.2, 0.25) is 0 Å². The average Bonchev–Trinajstić information content (AvgIpc) is 3.15. The molecular formula is C31H34N2O5S. The maximum absolute atomic E-state index is 14.5. The highest BCUT2D eigenvalue weighted by Crippen LogP contribution is 2.56. The fourth-order valence-electron chi connectivity index (χ4n) is 5.74. The minimum Gasteiger partial charge on any atom is -0.460 e. The minimum absolute atomic E-state index is 0.00644. The van der Waals surface area contributed by atoms with Crippen LogP contribution in [0.5, 0.6) is 0 Å². The number of isothiocyanates is 1. The highest BCUT2D eigenvalue weighted by Gasteiger charge is 2.63. The fraction of sp³-hybridized carbons (Fsp3) is 0.419. The number of esters is 1. The molecule has 0 saturated heterocycles. The average molecular weight is 547 g/mol. The fourth-order valence-corrected chi connectivity index (χ4v) is 5.91. The number of nitrogens with zero attached hydrogens (tertiary/aromatic N) is 2. The first kappa shape index (κ1) is 28.4. The maximum Gasteiger partial charge on any atom is 0.421 e. The monoisotopic (exact) mass is 546 g/mol. The number of rotatable bonds is 6. The van der Waals surface area contributed by atoms with Crippen molar-refractivity contribution in [1.29, 1.82) is 0 Å². The summed E-state index contributed by atoms with van der Waals surface area (Å²) in [5, 5.41) is 2.52. The van der Waals surface area contributed by atoms with Crippen LogP contribution in [0.2, 0.25) is 0 Å². The molecule has 3 atom stereocenters. The number of hydrogen-bond donors (Lipinski definition) is 0. The van der Waals surface area contributed by atoms with Gasteiger partial charge in [-0.1, -0.05) is 68.5 Å². The van der Waals surface area contributed by atoms with Gasteiger partial charge in [-0.15, -0.1) is 0 Å². The summed E-state index contributed by atoms with van der Waals surface area (Å²) in [4.78, 5) is 47.5. The lowest BCUT2D eigenvalue weighted by Crippen LogP contribution is -2.55. The number of anilines is 1. The molecule has 0 aromatic heterocycles. The Morgan fingerprint density at radius 1 is 1.10 bits per heavy atom. The van der Waals surface area contributed by atoms with Crippen LogP contribution in [0.25, 0.3) is 0 Å². The van der Waals surface area contributed by atoms with Crippen molar-refractivity contribution in [2.45, 2.75) is 77.0 Å². The van der Waals surface area contributed by atoms with Crippen LogP contribution in [-0.2, 0) is 31.1 Å². The van der Waals surface area contributed by atoms with E-state index < -0.39 is 40.4 Å². The van der Waals surface area contributed by atoms with Crippen LogP contribution in [-0.4, -0.2) is 34.3 Å². The van der Waals surface area contributed by atoms with Crippen molar-refractivity contribution >= 4 is 41.0 Å².